The maximum Gasteiger partial charge on any atom is 0.257 e. The minimum absolute atomic E-state index is 0.477. The summed E-state index contributed by atoms with van der Waals surface area (Å²) in [5.41, 5.74) is 7.32. The molecule has 2 atom stereocenters. The highest BCUT2D eigenvalue weighted by atomic mass is 79.9. The molecule has 0 bridgehead atoms. The van der Waals surface area contributed by atoms with E-state index in [0.717, 1.165) is 22.3 Å². The van der Waals surface area contributed by atoms with E-state index in [1.807, 2.05) is 18.2 Å². The van der Waals surface area contributed by atoms with Crippen LogP contribution in [0, 0.1) is 5.92 Å². The van der Waals surface area contributed by atoms with Crippen molar-refractivity contribution in [3.63, 3.8) is 0 Å². The molecule has 1 aliphatic rings. The Morgan fingerprint density at radius 1 is 1.47 bits per heavy atom. The van der Waals surface area contributed by atoms with Crippen molar-refractivity contribution in [1.29, 1.82) is 0 Å². The molecule has 17 heavy (non-hydrogen) atoms. The van der Waals surface area contributed by atoms with Crippen molar-refractivity contribution >= 4 is 21.6 Å². The van der Waals surface area contributed by atoms with Gasteiger partial charge in [0, 0.05) is 21.6 Å². The number of rotatable bonds is 2. The Bertz CT molecular complexity index is 567. The van der Waals surface area contributed by atoms with Crippen LogP contribution < -0.4 is 5.73 Å². The Morgan fingerprint density at radius 2 is 2.24 bits per heavy atom. The van der Waals surface area contributed by atoms with E-state index in [9.17, 15) is 0 Å². The number of nitrogen functional groups attached to an aromatic ring is 1. The fourth-order valence-electron chi connectivity index (χ4n) is 1.84. The lowest BCUT2D eigenvalue weighted by Crippen LogP contribution is -1.87. The molecule has 88 valence electrons. The molecule has 0 aliphatic heterocycles. The van der Waals surface area contributed by atoms with E-state index in [4.69, 9.17) is 10.3 Å². The monoisotopic (exact) mass is 293 g/mol. The largest absolute Gasteiger partial charge is 0.398 e. The van der Waals surface area contributed by atoms with Gasteiger partial charge in [0.05, 0.1) is 0 Å². The Balaban J connectivity index is 1.92. The molecule has 2 N–H and O–H groups in total. The lowest BCUT2D eigenvalue weighted by Gasteiger charge is -1.98. The summed E-state index contributed by atoms with van der Waals surface area (Å²) in [7, 11) is 0. The molecule has 1 heterocycles. The quantitative estimate of drug-likeness (QED) is 0.864. The van der Waals surface area contributed by atoms with Gasteiger partial charge in [0.25, 0.3) is 5.89 Å². The van der Waals surface area contributed by atoms with Gasteiger partial charge in [0.1, 0.15) is 0 Å². The van der Waals surface area contributed by atoms with Crippen molar-refractivity contribution in [3.8, 4) is 11.5 Å². The third kappa shape index (κ3) is 1.95. The van der Waals surface area contributed by atoms with Crippen molar-refractivity contribution in [3.05, 3.63) is 28.5 Å². The first-order valence-electron chi connectivity index (χ1n) is 5.54. The van der Waals surface area contributed by atoms with E-state index in [1.165, 1.54) is 0 Å². The van der Waals surface area contributed by atoms with Gasteiger partial charge >= 0.3 is 0 Å². The van der Waals surface area contributed by atoms with E-state index in [0.29, 0.717) is 23.4 Å². The van der Waals surface area contributed by atoms with Gasteiger partial charge in [-0.15, -0.1) is 0 Å². The number of hydrogen-bond donors (Lipinski definition) is 1. The third-order valence-corrected chi connectivity index (χ3v) is 3.82. The predicted molar refractivity (Wildman–Crippen MR) is 68.4 cm³/mol. The maximum atomic E-state index is 5.73. The summed E-state index contributed by atoms with van der Waals surface area (Å²) in [6.45, 7) is 2.19. The molecule has 3 rings (SSSR count). The van der Waals surface area contributed by atoms with E-state index < -0.39 is 0 Å². The summed E-state index contributed by atoms with van der Waals surface area (Å²) in [6, 6.07) is 5.60. The normalized spacial score (nSPS) is 22.7. The average Bonchev–Trinajstić information content (AvgIpc) is 2.86. The van der Waals surface area contributed by atoms with Crippen LogP contribution in [0.4, 0.5) is 5.69 Å². The van der Waals surface area contributed by atoms with Crippen molar-refractivity contribution < 1.29 is 4.52 Å². The lowest BCUT2D eigenvalue weighted by molar-refractivity contribution is 0.422. The SMILES string of the molecule is CC1CC1c1noc(-c2ccc(N)c(Br)c2)n1. The predicted octanol–water partition coefficient (Wildman–Crippen LogP) is 3.20. The topological polar surface area (TPSA) is 64.9 Å². The molecule has 0 spiro atoms. The fourth-order valence-corrected chi connectivity index (χ4v) is 2.22. The minimum atomic E-state index is 0.477. The molecular weight excluding hydrogens is 282 g/mol. The molecular formula is C12H12BrN3O. The smallest absolute Gasteiger partial charge is 0.257 e. The standard InChI is InChI=1S/C12H12BrN3O/c1-6-4-8(6)11-15-12(17-16-11)7-2-3-10(14)9(13)5-7/h2-3,5-6,8H,4,14H2,1H3. The molecule has 4 nitrogen and oxygen atoms in total. The van der Waals surface area contributed by atoms with Crippen LogP contribution in [0.5, 0.6) is 0 Å². The maximum absolute atomic E-state index is 5.73. The molecule has 1 aromatic carbocycles. The van der Waals surface area contributed by atoms with Crippen molar-refractivity contribution in [2.75, 3.05) is 5.73 Å². The summed E-state index contributed by atoms with van der Waals surface area (Å²) < 4.78 is 6.11. The number of halogens is 1. The van der Waals surface area contributed by atoms with Crippen molar-refractivity contribution in [1.82, 2.24) is 10.1 Å². The van der Waals surface area contributed by atoms with E-state index in [-0.39, 0.29) is 0 Å². The molecule has 1 aromatic heterocycles. The van der Waals surface area contributed by atoms with Gasteiger partial charge in [0.2, 0.25) is 0 Å². The number of hydrogen-bond acceptors (Lipinski definition) is 4. The average molecular weight is 294 g/mol. The molecule has 1 fully saturated rings. The van der Waals surface area contributed by atoms with Gasteiger partial charge in [-0.2, -0.15) is 4.98 Å². The van der Waals surface area contributed by atoms with Crippen LogP contribution in [0.25, 0.3) is 11.5 Å². The lowest BCUT2D eigenvalue weighted by atomic mass is 10.2. The Morgan fingerprint density at radius 3 is 2.88 bits per heavy atom. The first-order chi connectivity index (χ1) is 8.15. The molecule has 1 saturated carbocycles. The van der Waals surface area contributed by atoms with Gasteiger partial charge in [-0.3, -0.25) is 0 Å². The van der Waals surface area contributed by atoms with Gasteiger partial charge < -0.3 is 10.3 Å². The summed E-state index contributed by atoms with van der Waals surface area (Å²) >= 11 is 3.39. The third-order valence-electron chi connectivity index (χ3n) is 3.13. The number of benzene rings is 1. The van der Waals surface area contributed by atoms with Crippen LogP contribution in [0.3, 0.4) is 0 Å². The molecule has 1 aliphatic carbocycles. The number of anilines is 1. The van der Waals surface area contributed by atoms with Crippen molar-refractivity contribution in [2.24, 2.45) is 5.92 Å². The van der Waals surface area contributed by atoms with Gasteiger partial charge in [-0.05, 0) is 46.5 Å². The molecule has 0 amide bonds. The summed E-state index contributed by atoms with van der Waals surface area (Å²) in [5, 5.41) is 4.02. The fraction of sp³-hybridized carbons (Fsp3) is 0.333. The highest BCUT2D eigenvalue weighted by molar-refractivity contribution is 9.10. The Hall–Kier alpha value is -1.36. The van der Waals surface area contributed by atoms with Crippen LogP contribution in [0.1, 0.15) is 25.1 Å². The van der Waals surface area contributed by atoms with E-state index >= 15 is 0 Å². The molecule has 2 aromatic rings. The van der Waals surface area contributed by atoms with Gasteiger partial charge in [-0.1, -0.05) is 12.1 Å². The van der Waals surface area contributed by atoms with Crippen LogP contribution in [-0.4, -0.2) is 10.1 Å². The zero-order valence-corrected chi connectivity index (χ0v) is 10.9. The number of aromatic nitrogens is 2. The molecule has 0 saturated heterocycles. The second-order valence-electron chi connectivity index (χ2n) is 4.51. The van der Waals surface area contributed by atoms with Crippen LogP contribution >= 0.6 is 15.9 Å². The van der Waals surface area contributed by atoms with E-state index in [1.54, 1.807) is 0 Å². The van der Waals surface area contributed by atoms with Crippen LogP contribution in [-0.2, 0) is 0 Å². The highest BCUT2D eigenvalue weighted by Gasteiger charge is 2.38. The van der Waals surface area contributed by atoms with Crippen LogP contribution in [0.15, 0.2) is 27.2 Å². The molecule has 5 heteroatoms. The molecule has 2 unspecified atom stereocenters. The second kappa shape index (κ2) is 3.84. The first-order valence-corrected chi connectivity index (χ1v) is 6.33. The van der Waals surface area contributed by atoms with Crippen LogP contribution in [0.2, 0.25) is 0 Å². The van der Waals surface area contributed by atoms with Crippen molar-refractivity contribution in [2.45, 2.75) is 19.3 Å². The van der Waals surface area contributed by atoms with Gasteiger partial charge in [0.15, 0.2) is 5.82 Å². The van der Waals surface area contributed by atoms with Gasteiger partial charge in [-0.25, -0.2) is 0 Å². The first kappa shape index (κ1) is 10.8. The zero-order chi connectivity index (χ0) is 12.0. The Labute approximate surface area is 107 Å². The zero-order valence-electron chi connectivity index (χ0n) is 9.35. The summed E-state index contributed by atoms with van der Waals surface area (Å²) in [5.74, 6) is 2.53. The number of nitrogens with two attached hydrogens (primary N) is 1. The minimum Gasteiger partial charge on any atom is -0.398 e. The summed E-state index contributed by atoms with van der Waals surface area (Å²) in [6.07, 6.45) is 1.16. The number of nitrogens with zero attached hydrogens (tertiary/aromatic N) is 2. The Kier molecular flexibility index (Phi) is 2.43. The van der Waals surface area contributed by atoms with E-state index in [2.05, 4.69) is 33.0 Å². The summed E-state index contributed by atoms with van der Waals surface area (Å²) in [4.78, 5) is 4.42. The molecule has 0 radical (unpaired) electrons. The second-order valence-corrected chi connectivity index (χ2v) is 5.37. The highest BCUT2D eigenvalue weighted by Crippen LogP contribution is 2.45.